The zero-order valence-corrected chi connectivity index (χ0v) is 18.9. The Kier molecular flexibility index (Phi) is 5.08. The number of Topliss-reactive ketones (excluding diaryl/α,β-unsaturated/α-hetero) is 1. The molecule has 1 aliphatic rings. The summed E-state index contributed by atoms with van der Waals surface area (Å²) >= 11 is 0. The van der Waals surface area contributed by atoms with E-state index in [1.54, 1.807) is 6.08 Å². The van der Waals surface area contributed by atoms with Gasteiger partial charge in [0.1, 0.15) is 0 Å². The minimum absolute atomic E-state index is 0.443. The molecule has 0 saturated carbocycles. The molecular weight excluding hydrogens is 430 g/mol. The summed E-state index contributed by atoms with van der Waals surface area (Å²) in [6.07, 6.45) is 3.09. The van der Waals surface area contributed by atoms with Gasteiger partial charge in [0.05, 0.1) is 0 Å². The summed E-state index contributed by atoms with van der Waals surface area (Å²) in [4.78, 5) is 26.4. The first-order valence-corrected chi connectivity index (χ1v) is 11.5. The van der Waals surface area contributed by atoms with Crippen LogP contribution in [0.15, 0.2) is 121 Å². The molecule has 35 heavy (non-hydrogen) atoms. The van der Waals surface area contributed by atoms with Crippen molar-refractivity contribution in [3.05, 3.63) is 132 Å². The van der Waals surface area contributed by atoms with Crippen molar-refractivity contribution < 1.29 is 9.59 Å². The molecule has 3 nitrogen and oxygen atoms in total. The van der Waals surface area contributed by atoms with Crippen molar-refractivity contribution in [1.29, 1.82) is 0 Å². The molecule has 166 valence electrons. The van der Waals surface area contributed by atoms with Crippen LogP contribution in [0.4, 0.5) is 17.1 Å². The molecule has 1 aliphatic carbocycles. The third-order valence-corrected chi connectivity index (χ3v) is 6.40. The third-order valence-electron chi connectivity index (χ3n) is 6.40. The molecule has 0 amide bonds. The van der Waals surface area contributed by atoms with Crippen LogP contribution in [0.5, 0.6) is 0 Å². The molecule has 0 saturated heterocycles. The van der Waals surface area contributed by atoms with Crippen LogP contribution in [0.3, 0.4) is 0 Å². The standard InChI is InChI=1S/C32H21NO2/c34-31-19-16-24-20-29-23(21-30(24)32(31)35)8-7-13-28(29)22-14-17-27(18-15-22)33(25-9-3-1-4-10-25)26-11-5-2-6-12-26/h1-21H. The number of carbonyl (C=O) groups is 2. The molecular formula is C32H21NO2. The van der Waals surface area contributed by atoms with Crippen molar-refractivity contribution in [2.75, 3.05) is 4.90 Å². The van der Waals surface area contributed by atoms with Gasteiger partial charge in [0, 0.05) is 22.6 Å². The highest BCUT2D eigenvalue weighted by atomic mass is 16.2. The van der Waals surface area contributed by atoms with Crippen LogP contribution in [0.2, 0.25) is 0 Å². The monoisotopic (exact) mass is 451 g/mol. The predicted octanol–water partition coefficient (Wildman–Crippen LogP) is 7.76. The van der Waals surface area contributed by atoms with Crippen LogP contribution in [-0.2, 0) is 4.79 Å². The number of fused-ring (bicyclic) bond motifs is 2. The number of allylic oxidation sites excluding steroid dienone is 1. The number of hydrogen-bond acceptors (Lipinski definition) is 3. The van der Waals surface area contributed by atoms with E-state index in [-0.39, 0.29) is 0 Å². The smallest absolute Gasteiger partial charge is 0.233 e. The summed E-state index contributed by atoms with van der Waals surface area (Å²) in [5.41, 5.74) is 6.67. The Morgan fingerprint density at radius 3 is 1.80 bits per heavy atom. The molecule has 0 heterocycles. The van der Waals surface area contributed by atoms with Crippen LogP contribution in [0, 0.1) is 0 Å². The van der Waals surface area contributed by atoms with Crippen LogP contribution in [0.1, 0.15) is 15.9 Å². The van der Waals surface area contributed by atoms with E-state index in [9.17, 15) is 9.59 Å². The minimum Gasteiger partial charge on any atom is -0.311 e. The topological polar surface area (TPSA) is 37.4 Å². The number of ketones is 2. The van der Waals surface area contributed by atoms with Crippen molar-refractivity contribution >= 4 is 45.5 Å². The van der Waals surface area contributed by atoms with Crippen molar-refractivity contribution in [2.24, 2.45) is 0 Å². The van der Waals surface area contributed by atoms with E-state index in [2.05, 4.69) is 59.5 Å². The fourth-order valence-electron chi connectivity index (χ4n) is 4.69. The Morgan fingerprint density at radius 1 is 0.514 bits per heavy atom. The first kappa shape index (κ1) is 20.8. The quantitative estimate of drug-likeness (QED) is 0.262. The highest BCUT2D eigenvalue weighted by molar-refractivity contribution is 6.50. The molecule has 0 bridgehead atoms. The fraction of sp³-hybridized carbons (Fsp3) is 0. The van der Waals surface area contributed by atoms with Gasteiger partial charge in [-0.15, -0.1) is 0 Å². The van der Waals surface area contributed by atoms with Gasteiger partial charge in [-0.3, -0.25) is 9.59 Å². The fourth-order valence-corrected chi connectivity index (χ4v) is 4.69. The van der Waals surface area contributed by atoms with Gasteiger partial charge in [-0.25, -0.2) is 0 Å². The van der Waals surface area contributed by atoms with Gasteiger partial charge in [0.15, 0.2) is 0 Å². The average Bonchev–Trinajstić information content (AvgIpc) is 2.92. The van der Waals surface area contributed by atoms with Crippen molar-refractivity contribution in [2.45, 2.75) is 0 Å². The average molecular weight is 452 g/mol. The SMILES string of the molecule is O=C1C=Cc2cc3c(-c4ccc(N(c5ccccc5)c5ccccc5)cc4)cccc3cc2C1=O. The lowest BCUT2D eigenvalue weighted by Gasteiger charge is -2.25. The van der Waals surface area contributed by atoms with Crippen molar-refractivity contribution in [1.82, 2.24) is 0 Å². The van der Waals surface area contributed by atoms with Crippen LogP contribution < -0.4 is 4.90 Å². The van der Waals surface area contributed by atoms with E-state index in [0.29, 0.717) is 5.56 Å². The highest BCUT2D eigenvalue weighted by Gasteiger charge is 2.22. The summed E-state index contributed by atoms with van der Waals surface area (Å²) in [6, 6.07) is 39.1. The molecule has 0 atom stereocenters. The van der Waals surface area contributed by atoms with Crippen molar-refractivity contribution in [3.8, 4) is 11.1 Å². The Labute approximate surface area is 203 Å². The Balaban J connectivity index is 1.44. The van der Waals surface area contributed by atoms with E-state index in [4.69, 9.17) is 0 Å². The summed E-state index contributed by atoms with van der Waals surface area (Å²) in [5, 5.41) is 1.99. The normalized spacial score (nSPS) is 12.6. The zero-order valence-electron chi connectivity index (χ0n) is 18.9. The second-order valence-electron chi connectivity index (χ2n) is 8.55. The molecule has 6 rings (SSSR count). The maximum absolute atomic E-state index is 12.3. The summed E-state index contributed by atoms with van der Waals surface area (Å²) < 4.78 is 0. The van der Waals surface area contributed by atoms with E-state index in [0.717, 1.165) is 44.5 Å². The number of nitrogens with zero attached hydrogens (tertiary/aromatic N) is 1. The molecule has 0 N–H and O–H groups in total. The lowest BCUT2D eigenvalue weighted by molar-refractivity contribution is -0.110. The molecule has 0 unspecified atom stereocenters. The first-order chi connectivity index (χ1) is 17.2. The second-order valence-corrected chi connectivity index (χ2v) is 8.55. The molecule has 0 aliphatic heterocycles. The lowest BCUT2D eigenvalue weighted by atomic mass is 9.89. The number of carbonyl (C=O) groups excluding carboxylic acids is 2. The third kappa shape index (κ3) is 3.73. The first-order valence-electron chi connectivity index (χ1n) is 11.5. The van der Waals surface area contributed by atoms with Gasteiger partial charge in [0.25, 0.3) is 0 Å². The van der Waals surface area contributed by atoms with E-state index in [1.165, 1.54) is 6.08 Å². The van der Waals surface area contributed by atoms with Gasteiger partial charge in [-0.1, -0.05) is 72.8 Å². The van der Waals surface area contributed by atoms with Gasteiger partial charge in [-0.05, 0) is 82.1 Å². The van der Waals surface area contributed by atoms with Crippen LogP contribution in [-0.4, -0.2) is 11.6 Å². The molecule has 0 aromatic heterocycles. The van der Waals surface area contributed by atoms with Gasteiger partial charge in [0.2, 0.25) is 11.6 Å². The number of rotatable bonds is 4. The van der Waals surface area contributed by atoms with E-state index in [1.807, 2.05) is 60.7 Å². The molecule has 5 aromatic rings. The number of anilines is 3. The molecule has 0 spiro atoms. The molecule has 0 fully saturated rings. The number of para-hydroxylation sites is 2. The maximum Gasteiger partial charge on any atom is 0.233 e. The van der Waals surface area contributed by atoms with E-state index < -0.39 is 11.6 Å². The van der Waals surface area contributed by atoms with Crippen molar-refractivity contribution in [3.63, 3.8) is 0 Å². The summed E-state index contributed by atoms with van der Waals surface area (Å²) in [5.74, 6) is -0.911. The highest BCUT2D eigenvalue weighted by Crippen LogP contribution is 2.37. The van der Waals surface area contributed by atoms with Gasteiger partial charge < -0.3 is 4.90 Å². The second kappa shape index (κ2) is 8.54. The van der Waals surface area contributed by atoms with E-state index >= 15 is 0 Å². The Bertz CT molecular complexity index is 1560. The van der Waals surface area contributed by atoms with Gasteiger partial charge in [-0.2, -0.15) is 0 Å². The molecule has 5 aromatic carbocycles. The maximum atomic E-state index is 12.3. The Hall–Kier alpha value is -4.76. The van der Waals surface area contributed by atoms with Crippen LogP contribution >= 0.6 is 0 Å². The predicted molar refractivity (Wildman–Crippen MR) is 142 cm³/mol. The summed E-state index contributed by atoms with van der Waals surface area (Å²) in [6.45, 7) is 0. The summed E-state index contributed by atoms with van der Waals surface area (Å²) in [7, 11) is 0. The minimum atomic E-state index is -0.468. The number of benzene rings is 5. The molecule has 0 radical (unpaired) electrons. The Morgan fingerprint density at radius 2 is 1.14 bits per heavy atom. The molecule has 3 heteroatoms. The van der Waals surface area contributed by atoms with Gasteiger partial charge >= 0.3 is 0 Å². The lowest BCUT2D eigenvalue weighted by Crippen LogP contribution is -2.16. The van der Waals surface area contributed by atoms with Crippen LogP contribution in [0.25, 0.3) is 28.0 Å². The zero-order chi connectivity index (χ0) is 23.8. The number of hydrogen-bond donors (Lipinski definition) is 0. The largest absolute Gasteiger partial charge is 0.311 e.